The molecule has 1 aliphatic rings. The molecule has 0 N–H and O–H groups in total. The van der Waals surface area contributed by atoms with E-state index in [-0.39, 0.29) is 5.25 Å². The highest BCUT2D eigenvalue weighted by Gasteiger charge is 2.28. The number of rotatable bonds is 4. The Balaban J connectivity index is 1.75. The van der Waals surface area contributed by atoms with Crippen LogP contribution in [-0.4, -0.2) is 35.4 Å². The number of thioether (sulfide) groups is 1. The van der Waals surface area contributed by atoms with Crippen molar-refractivity contribution in [1.29, 1.82) is 0 Å². The maximum absolute atomic E-state index is 11.7. The highest BCUT2D eigenvalue weighted by molar-refractivity contribution is 8.00. The number of nitrogens with zero attached hydrogens (tertiary/aromatic N) is 1. The maximum Gasteiger partial charge on any atom is 0.235 e. The molecule has 16 heavy (non-hydrogen) atoms. The third kappa shape index (κ3) is 2.79. The molecule has 1 saturated heterocycles. The van der Waals surface area contributed by atoms with Crippen LogP contribution in [0.3, 0.4) is 0 Å². The topological polar surface area (TPSA) is 20.3 Å². The van der Waals surface area contributed by atoms with Crippen molar-refractivity contribution in [2.45, 2.75) is 18.1 Å². The monoisotopic (exact) mass is 235 g/mol. The van der Waals surface area contributed by atoms with Gasteiger partial charge < -0.3 is 4.90 Å². The van der Waals surface area contributed by atoms with E-state index in [2.05, 4.69) is 24.3 Å². The Labute approximate surface area is 101 Å². The molecule has 1 aliphatic heterocycles. The van der Waals surface area contributed by atoms with Gasteiger partial charge >= 0.3 is 0 Å². The summed E-state index contributed by atoms with van der Waals surface area (Å²) in [5.41, 5.74) is 1.36. The number of likely N-dealkylation sites (tertiary alicyclic amines) is 1. The molecule has 2 rings (SSSR count). The molecule has 1 atom stereocenters. The summed E-state index contributed by atoms with van der Waals surface area (Å²) in [7, 11) is 1.89. The van der Waals surface area contributed by atoms with E-state index in [9.17, 15) is 4.79 Å². The number of benzene rings is 1. The van der Waals surface area contributed by atoms with E-state index >= 15 is 0 Å². The van der Waals surface area contributed by atoms with Gasteiger partial charge in [0.2, 0.25) is 5.91 Å². The number of hydrogen-bond acceptors (Lipinski definition) is 2. The van der Waals surface area contributed by atoms with Crippen molar-refractivity contribution in [3.63, 3.8) is 0 Å². The molecule has 0 spiro atoms. The SMILES string of the molecule is CN1CC[C@H](SCCc2ccccc2)C1=O. The van der Waals surface area contributed by atoms with E-state index in [0.29, 0.717) is 5.91 Å². The lowest BCUT2D eigenvalue weighted by Crippen LogP contribution is -2.24. The maximum atomic E-state index is 11.7. The van der Waals surface area contributed by atoms with Crippen molar-refractivity contribution in [3.8, 4) is 0 Å². The van der Waals surface area contributed by atoms with Crippen LogP contribution < -0.4 is 0 Å². The van der Waals surface area contributed by atoms with Crippen LogP contribution in [0.4, 0.5) is 0 Å². The third-order valence-corrected chi connectivity index (χ3v) is 4.21. The van der Waals surface area contributed by atoms with Gasteiger partial charge in [0.15, 0.2) is 0 Å². The Bertz CT molecular complexity index is 352. The summed E-state index contributed by atoms with van der Waals surface area (Å²) in [4.78, 5) is 13.5. The first kappa shape index (κ1) is 11.5. The van der Waals surface area contributed by atoms with Crippen LogP contribution in [0.2, 0.25) is 0 Å². The van der Waals surface area contributed by atoms with Crippen LogP contribution in [-0.2, 0) is 11.2 Å². The van der Waals surface area contributed by atoms with Crippen molar-refractivity contribution in [2.24, 2.45) is 0 Å². The normalized spacial score (nSPS) is 20.4. The first-order valence-electron chi connectivity index (χ1n) is 5.68. The van der Waals surface area contributed by atoms with Gasteiger partial charge in [-0.15, -0.1) is 11.8 Å². The first-order valence-corrected chi connectivity index (χ1v) is 6.73. The van der Waals surface area contributed by atoms with Crippen LogP contribution in [0.1, 0.15) is 12.0 Å². The summed E-state index contributed by atoms with van der Waals surface area (Å²) in [6.07, 6.45) is 2.06. The fraction of sp³-hybridized carbons (Fsp3) is 0.462. The van der Waals surface area contributed by atoms with Gasteiger partial charge in [0.25, 0.3) is 0 Å². The van der Waals surface area contributed by atoms with Crippen LogP contribution >= 0.6 is 11.8 Å². The zero-order valence-electron chi connectivity index (χ0n) is 9.56. The fourth-order valence-corrected chi connectivity index (χ4v) is 3.14. The van der Waals surface area contributed by atoms with E-state index in [1.165, 1.54) is 5.56 Å². The molecule has 1 aromatic rings. The molecule has 0 radical (unpaired) electrons. The van der Waals surface area contributed by atoms with Crippen LogP contribution in [0.25, 0.3) is 0 Å². The van der Waals surface area contributed by atoms with E-state index in [0.717, 1.165) is 25.1 Å². The Morgan fingerprint density at radius 3 is 2.75 bits per heavy atom. The van der Waals surface area contributed by atoms with Crippen molar-refractivity contribution in [1.82, 2.24) is 4.90 Å². The van der Waals surface area contributed by atoms with E-state index < -0.39 is 0 Å². The standard InChI is InChI=1S/C13H17NOS/c1-14-9-7-12(13(14)15)16-10-8-11-5-3-2-4-6-11/h2-6,12H,7-10H2,1H3/t12-/m0/s1. The minimum atomic E-state index is 0.203. The lowest BCUT2D eigenvalue weighted by molar-refractivity contribution is -0.126. The average molecular weight is 235 g/mol. The molecule has 0 unspecified atom stereocenters. The minimum Gasteiger partial charge on any atom is -0.345 e. The number of carbonyl (C=O) groups is 1. The van der Waals surface area contributed by atoms with Gasteiger partial charge in [0, 0.05) is 13.6 Å². The summed E-state index contributed by atoms with van der Waals surface area (Å²) in [6, 6.07) is 10.4. The number of hydrogen-bond donors (Lipinski definition) is 0. The van der Waals surface area contributed by atoms with E-state index in [1.807, 2.05) is 18.0 Å². The zero-order valence-corrected chi connectivity index (χ0v) is 10.4. The van der Waals surface area contributed by atoms with Crippen molar-refractivity contribution >= 4 is 17.7 Å². The molecular formula is C13H17NOS. The average Bonchev–Trinajstić information content (AvgIpc) is 2.62. The largest absolute Gasteiger partial charge is 0.345 e. The zero-order chi connectivity index (χ0) is 11.4. The fourth-order valence-electron chi connectivity index (χ4n) is 1.91. The second-order valence-electron chi connectivity index (χ2n) is 4.14. The summed E-state index contributed by atoms with van der Waals surface area (Å²) in [6.45, 7) is 0.918. The molecule has 0 aromatic heterocycles. The van der Waals surface area contributed by atoms with Gasteiger partial charge in [0.05, 0.1) is 5.25 Å². The Morgan fingerprint density at radius 2 is 2.12 bits per heavy atom. The van der Waals surface area contributed by atoms with Crippen molar-refractivity contribution in [3.05, 3.63) is 35.9 Å². The molecule has 2 nitrogen and oxygen atoms in total. The van der Waals surface area contributed by atoms with Crippen LogP contribution in [0.15, 0.2) is 30.3 Å². The van der Waals surface area contributed by atoms with Crippen molar-refractivity contribution in [2.75, 3.05) is 19.3 Å². The van der Waals surface area contributed by atoms with Gasteiger partial charge in [-0.25, -0.2) is 0 Å². The molecule has 0 saturated carbocycles. The first-order chi connectivity index (χ1) is 7.77. The molecule has 3 heteroatoms. The summed E-state index contributed by atoms with van der Waals surface area (Å²) in [5, 5.41) is 0.203. The third-order valence-electron chi connectivity index (χ3n) is 2.93. The van der Waals surface area contributed by atoms with Gasteiger partial charge in [-0.2, -0.15) is 0 Å². The molecule has 1 fully saturated rings. The molecule has 1 heterocycles. The molecule has 1 aromatic carbocycles. The molecular weight excluding hydrogens is 218 g/mol. The number of carbonyl (C=O) groups excluding carboxylic acids is 1. The lowest BCUT2D eigenvalue weighted by atomic mass is 10.2. The predicted molar refractivity (Wildman–Crippen MR) is 68.6 cm³/mol. The molecule has 1 amide bonds. The quantitative estimate of drug-likeness (QED) is 0.797. The Morgan fingerprint density at radius 1 is 1.38 bits per heavy atom. The minimum absolute atomic E-state index is 0.203. The van der Waals surface area contributed by atoms with Gasteiger partial charge in [-0.05, 0) is 24.2 Å². The van der Waals surface area contributed by atoms with Crippen molar-refractivity contribution < 1.29 is 4.79 Å². The highest BCUT2D eigenvalue weighted by Crippen LogP contribution is 2.23. The van der Waals surface area contributed by atoms with Gasteiger partial charge in [-0.3, -0.25) is 4.79 Å². The second-order valence-corrected chi connectivity index (χ2v) is 5.45. The number of amides is 1. The van der Waals surface area contributed by atoms with Crippen LogP contribution in [0, 0.1) is 0 Å². The Kier molecular flexibility index (Phi) is 3.88. The van der Waals surface area contributed by atoms with Gasteiger partial charge in [0.1, 0.15) is 0 Å². The van der Waals surface area contributed by atoms with E-state index in [1.54, 1.807) is 11.8 Å². The number of aryl methyl sites for hydroxylation is 1. The summed E-state index contributed by atoms with van der Waals surface area (Å²) in [5.74, 6) is 1.34. The molecule has 0 aliphatic carbocycles. The second kappa shape index (κ2) is 5.39. The summed E-state index contributed by atoms with van der Waals surface area (Å²) < 4.78 is 0. The Hall–Kier alpha value is -0.960. The summed E-state index contributed by atoms with van der Waals surface area (Å²) >= 11 is 1.80. The van der Waals surface area contributed by atoms with Crippen LogP contribution in [0.5, 0.6) is 0 Å². The predicted octanol–water partition coefficient (Wildman–Crippen LogP) is 2.19. The smallest absolute Gasteiger partial charge is 0.235 e. The lowest BCUT2D eigenvalue weighted by Gasteiger charge is -2.09. The molecule has 86 valence electrons. The molecule has 0 bridgehead atoms. The van der Waals surface area contributed by atoms with E-state index in [4.69, 9.17) is 0 Å². The highest BCUT2D eigenvalue weighted by atomic mass is 32.2. The van der Waals surface area contributed by atoms with Gasteiger partial charge in [-0.1, -0.05) is 30.3 Å².